The van der Waals surface area contributed by atoms with E-state index in [4.69, 9.17) is 28.9 Å². The first-order valence-corrected chi connectivity index (χ1v) is 10.3. The number of carbonyl (C=O) groups excluding carboxylic acids is 1. The Hall–Kier alpha value is -2.53. The smallest absolute Gasteiger partial charge is 0.251 e. The molecule has 4 nitrogen and oxygen atoms in total. The summed E-state index contributed by atoms with van der Waals surface area (Å²) >= 11 is 12.4. The van der Waals surface area contributed by atoms with E-state index in [1.165, 1.54) is 5.56 Å². The Morgan fingerprint density at radius 3 is 2.52 bits per heavy atom. The Morgan fingerprint density at radius 1 is 1.00 bits per heavy atom. The topological polar surface area (TPSA) is 58.4 Å². The molecule has 1 amide bonds. The second-order valence-electron chi connectivity index (χ2n) is 7.00. The molecule has 0 radical (unpaired) electrons. The third kappa shape index (κ3) is 4.25. The van der Waals surface area contributed by atoms with Crippen LogP contribution in [0, 0.1) is 0 Å². The van der Waals surface area contributed by atoms with Gasteiger partial charge in [-0.3, -0.25) is 4.79 Å². The lowest BCUT2D eigenvalue weighted by Crippen LogP contribution is -2.28. The van der Waals surface area contributed by atoms with Gasteiger partial charge in [-0.15, -0.1) is 0 Å². The Kier molecular flexibility index (Phi) is 5.76. The molecule has 0 aromatic heterocycles. The normalized spacial score (nSPS) is 12.7. The molecule has 0 fully saturated rings. The van der Waals surface area contributed by atoms with E-state index in [2.05, 4.69) is 28.4 Å². The van der Waals surface area contributed by atoms with Crippen molar-refractivity contribution in [1.29, 1.82) is 0 Å². The summed E-state index contributed by atoms with van der Waals surface area (Å²) in [5.41, 5.74) is 11.5. The number of rotatable bonds is 5. The van der Waals surface area contributed by atoms with Gasteiger partial charge in [0.2, 0.25) is 0 Å². The SMILES string of the molecule is NCCNC(=O)c1cccc(-c2ccc3c(c2)N(c2cc(Cl)cc(Cl)c2)CC3)c1. The standard InChI is InChI=1S/C23H21Cl2N3O/c24-19-12-20(25)14-21(13-19)28-9-6-15-4-5-17(11-22(15)28)16-2-1-3-18(10-16)23(29)27-8-7-26/h1-5,10-14H,6-9,26H2,(H,27,29). The van der Waals surface area contributed by atoms with Crippen molar-refractivity contribution in [3.8, 4) is 11.1 Å². The van der Waals surface area contributed by atoms with Crippen LogP contribution in [0.25, 0.3) is 11.1 Å². The van der Waals surface area contributed by atoms with Gasteiger partial charge in [-0.2, -0.15) is 0 Å². The van der Waals surface area contributed by atoms with Crippen LogP contribution >= 0.6 is 23.2 Å². The molecular formula is C23H21Cl2N3O. The predicted molar refractivity (Wildman–Crippen MR) is 120 cm³/mol. The van der Waals surface area contributed by atoms with E-state index in [1.54, 1.807) is 6.07 Å². The van der Waals surface area contributed by atoms with Crippen LogP contribution < -0.4 is 16.0 Å². The fourth-order valence-electron chi connectivity index (χ4n) is 3.65. The fraction of sp³-hybridized carbons (Fsp3) is 0.174. The Bertz CT molecular complexity index is 1050. The molecule has 6 heteroatoms. The first-order valence-electron chi connectivity index (χ1n) is 9.50. The van der Waals surface area contributed by atoms with Crippen molar-refractivity contribution in [2.45, 2.75) is 6.42 Å². The van der Waals surface area contributed by atoms with E-state index < -0.39 is 0 Å². The highest BCUT2D eigenvalue weighted by atomic mass is 35.5. The number of benzene rings is 3. The van der Waals surface area contributed by atoms with Gasteiger partial charge in [-0.1, -0.05) is 47.5 Å². The van der Waals surface area contributed by atoms with Crippen molar-refractivity contribution in [2.75, 3.05) is 24.5 Å². The van der Waals surface area contributed by atoms with Crippen LogP contribution in [-0.2, 0) is 6.42 Å². The maximum atomic E-state index is 12.3. The van der Waals surface area contributed by atoms with Gasteiger partial charge in [0.05, 0.1) is 0 Å². The van der Waals surface area contributed by atoms with Crippen LogP contribution in [-0.4, -0.2) is 25.5 Å². The van der Waals surface area contributed by atoms with E-state index in [1.807, 2.05) is 36.4 Å². The minimum atomic E-state index is -0.117. The van der Waals surface area contributed by atoms with Crippen molar-refractivity contribution >= 4 is 40.5 Å². The minimum absolute atomic E-state index is 0.117. The molecule has 1 aliphatic rings. The van der Waals surface area contributed by atoms with Crippen molar-refractivity contribution in [3.63, 3.8) is 0 Å². The highest BCUT2D eigenvalue weighted by Gasteiger charge is 2.22. The number of anilines is 2. The molecule has 0 aliphatic carbocycles. The maximum Gasteiger partial charge on any atom is 0.251 e. The number of hydrogen-bond donors (Lipinski definition) is 2. The molecule has 0 saturated heterocycles. The molecule has 3 aromatic carbocycles. The van der Waals surface area contributed by atoms with Crippen LogP contribution in [0.2, 0.25) is 10.0 Å². The second-order valence-corrected chi connectivity index (χ2v) is 7.87. The largest absolute Gasteiger partial charge is 0.351 e. The molecule has 4 rings (SSSR count). The summed E-state index contributed by atoms with van der Waals surface area (Å²) in [5, 5.41) is 4.05. The first-order chi connectivity index (χ1) is 14.0. The van der Waals surface area contributed by atoms with E-state index in [9.17, 15) is 4.79 Å². The molecule has 0 unspecified atom stereocenters. The minimum Gasteiger partial charge on any atom is -0.351 e. The lowest BCUT2D eigenvalue weighted by molar-refractivity contribution is 0.0955. The van der Waals surface area contributed by atoms with E-state index in [0.717, 1.165) is 35.5 Å². The molecule has 3 N–H and O–H groups in total. The Morgan fingerprint density at radius 2 is 1.76 bits per heavy atom. The van der Waals surface area contributed by atoms with E-state index >= 15 is 0 Å². The zero-order chi connectivity index (χ0) is 20.4. The summed E-state index contributed by atoms with van der Waals surface area (Å²) < 4.78 is 0. The highest BCUT2D eigenvalue weighted by molar-refractivity contribution is 6.35. The van der Waals surface area contributed by atoms with Gasteiger partial charge in [-0.25, -0.2) is 0 Å². The summed E-state index contributed by atoms with van der Waals surface area (Å²) in [6.07, 6.45) is 0.960. The summed E-state index contributed by atoms with van der Waals surface area (Å²) in [5.74, 6) is -0.117. The quantitative estimate of drug-likeness (QED) is 0.601. The van der Waals surface area contributed by atoms with Gasteiger partial charge in [0.1, 0.15) is 0 Å². The number of nitrogens with zero attached hydrogens (tertiary/aromatic N) is 1. The molecule has 3 aromatic rings. The third-order valence-corrected chi connectivity index (χ3v) is 5.46. The third-order valence-electron chi connectivity index (χ3n) is 5.03. The summed E-state index contributed by atoms with van der Waals surface area (Å²) in [6, 6.07) is 19.6. The van der Waals surface area contributed by atoms with Gasteiger partial charge in [0.25, 0.3) is 5.91 Å². The molecule has 0 spiro atoms. The number of nitrogens with one attached hydrogen (secondary N) is 1. The van der Waals surface area contributed by atoms with Crippen LogP contribution in [0.4, 0.5) is 11.4 Å². The highest BCUT2D eigenvalue weighted by Crippen LogP contribution is 2.39. The lowest BCUT2D eigenvalue weighted by Gasteiger charge is -2.21. The molecular weight excluding hydrogens is 405 g/mol. The molecule has 148 valence electrons. The van der Waals surface area contributed by atoms with Gasteiger partial charge in [-0.05, 0) is 59.5 Å². The van der Waals surface area contributed by atoms with Crippen LogP contribution in [0.5, 0.6) is 0 Å². The van der Waals surface area contributed by atoms with Crippen molar-refractivity contribution in [2.24, 2.45) is 5.73 Å². The van der Waals surface area contributed by atoms with Gasteiger partial charge >= 0.3 is 0 Å². The number of halogens is 2. The average molecular weight is 426 g/mol. The van der Waals surface area contributed by atoms with Crippen molar-refractivity contribution in [3.05, 3.63) is 81.8 Å². The number of nitrogens with two attached hydrogens (primary N) is 1. The van der Waals surface area contributed by atoms with E-state index in [-0.39, 0.29) is 5.91 Å². The molecule has 1 heterocycles. The Labute approximate surface area is 180 Å². The lowest BCUT2D eigenvalue weighted by atomic mass is 10.00. The summed E-state index contributed by atoms with van der Waals surface area (Å²) in [6.45, 7) is 1.75. The van der Waals surface area contributed by atoms with E-state index in [0.29, 0.717) is 28.7 Å². The number of hydrogen-bond acceptors (Lipinski definition) is 3. The molecule has 0 saturated carbocycles. The first kappa shape index (κ1) is 19.8. The van der Waals surface area contributed by atoms with Gasteiger partial charge in [0.15, 0.2) is 0 Å². The van der Waals surface area contributed by atoms with Crippen molar-refractivity contribution < 1.29 is 4.79 Å². The molecule has 0 atom stereocenters. The molecule has 29 heavy (non-hydrogen) atoms. The van der Waals surface area contributed by atoms with Crippen LogP contribution in [0.3, 0.4) is 0 Å². The van der Waals surface area contributed by atoms with Gasteiger partial charge in [0, 0.05) is 46.6 Å². The van der Waals surface area contributed by atoms with Crippen LogP contribution in [0.1, 0.15) is 15.9 Å². The summed E-state index contributed by atoms with van der Waals surface area (Å²) in [4.78, 5) is 14.5. The predicted octanol–water partition coefficient (Wildman–Crippen LogP) is 5.04. The zero-order valence-electron chi connectivity index (χ0n) is 15.8. The fourth-order valence-corrected chi connectivity index (χ4v) is 4.16. The number of amides is 1. The van der Waals surface area contributed by atoms with Crippen LogP contribution in [0.15, 0.2) is 60.7 Å². The maximum absolute atomic E-state index is 12.3. The monoisotopic (exact) mass is 425 g/mol. The number of fused-ring (bicyclic) bond motifs is 1. The summed E-state index contributed by atoms with van der Waals surface area (Å²) in [7, 11) is 0. The molecule has 0 bridgehead atoms. The number of carbonyl (C=O) groups is 1. The second kappa shape index (κ2) is 8.46. The average Bonchev–Trinajstić information content (AvgIpc) is 3.14. The molecule has 1 aliphatic heterocycles. The Balaban J connectivity index is 1.67. The van der Waals surface area contributed by atoms with Gasteiger partial charge < -0.3 is 16.0 Å². The van der Waals surface area contributed by atoms with Crippen molar-refractivity contribution in [1.82, 2.24) is 5.32 Å². The zero-order valence-corrected chi connectivity index (χ0v) is 17.3.